The van der Waals surface area contributed by atoms with Gasteiger partial charge in [-0.2, -0.15) is 0 Å². The maximum absolute atomic E-state index is 12.6. The molecule has 1 saturated heterocycles. The van der Waals surface area contributed by atoms with Gasteiger partial charge in [0.05, 0.1) is 11.9 Å². The molecule has 1 amide bonds. The van der Waals surface area contributed by atoms with Crippen LogP contribution in [0.5, 0.6) is 5.75 Å². The summed E-state index contributed by atoms with van der Waals surface area (Å²) in [5.41, 5.74) is 1.64. The van der Waals surface area contributed by atoms with Crippen LogP contribution in [0, 0.1) is 0 Å². The number of hydrogen-bond donors (Lipinski definition) is 2. The second-order valence-electron chi connectivity index (χ2n) is 6.15. The summed E-state index contributed by atoms with van der Waals surface area (Å²) in [4.78, 5) is 25.4. The number of anilines is 1. The van der Waals surface area contributed by atoms with Crippen molar-refractivity contribution < 1.29 is 9.53 Å². The van der Waals surface area contributed by atoms with E-state index in [1.165, 1.54) is 11.3 Å². The van der Waals surface area contributed by atoms with Gasteiger partial charge in [-0.3, -0.25) is 14.8 Å². The Morgan fingerprint density at radius 2 is 2.11 bits per heavy atom. The molecule has 2 N–H and O–H groups in total. The number of rotatable bonds is 5. The van der Waals surface area contributed by atoms with E-state index < -0.39 is 0 Å². The zero-order valence-corrected chi connectivity index (χ0v) is 15.4. The first-order chi connectivity index (χ1) is 13.3. The molecule has 1 aliphatic heterocycles. The third kappa shape index (κ3) is 4.29. The fourth-order valence-corrected chi connectivity index (χ4v) is 3.62. The molecule has 0 atom stereocenters. The van der Waals surface area contributed by atoms with Crippen LogP contribution < -0.4 is 15.4 Å². The van der Waals surface area contributed by atoms with Crippen LogP contribution in [0.4, 0.5) is 5.69 Å². The standard InChI is InChI=1S/C19H19N5O2S/c25-18(16-12-27-19(24-16)14-3-1-2-7-22-14)23-15-11-21-10-6-17(15)26-13-4-8-20-9-5-13/h1-3,6-7,10-13,20H,4-5,8-9H2,(H,23,25). The highest BCUT2D eigenvalue weighted by Crippen LogP contribution is 2.27. The number of piperidine rings is 1. The first-order valence-corrected chi connectivity index (χ1v) is 9.67. The monoisotopic (exact) mass is 381 g/mol. The number of ether oxygens (including phenoxy) is 1. The van der Waals surface area contributed by atoms with Gasteiger partial charge in [0.25, 0.3) is 5.91 Å². The van der Waals surface area contributed by atoms with E-state index in [1.54, 1.807) is 30.0 Å². The van der Waals surface area contributed by atoms with Gasteiger partial charge in [-0.1, -0.05) is 6.07 Å². The first-order valence-electron chi connectivity index (χ1n) is 8.79. The SMILES string of the molecule is O=C(Nc1cnccc1OC1CCNCC1)c1csc(-c2ccccn2)n1. The molecule has 3 aromatic heterocycles. The molecule has 8 heteroatoms. The van der Waals surface area contributed by atoms with E-state index >= 15 is 0 Å². The molecule has 27 heavy (non-hydrogen) atoms. The molecule has 138 valence electrons. The molecule has 1 aliphatic rings. The summed E-state index contributed by atoms with van der Waals surface area (Å²) in [5.74, 6) is 0.335. The predicted octanol–water partition coefficient (Wildman–Crippen LogP) is 2.98. The Kier molecular flexibility index (Phi) is 5.36. The van der Waals surface area contributed by atoms with Crippen LogP contribution in [-0.2, 0) is 0 Å². The van der Waals surface area contributed by atoms with Crippen molar-refractivity contribution in [2.24, 2.45) is 0 Å². The summed E-state index contributed by atoms with van der Waals surface area (Å²) in [6, 6.07) is 7.38. The molecule has 0 spiro atoms. The zero-order valence-electron chi connectivity index (χ0n) is 14.6. The van der Waals surface area contributed by atoms with Gasteiger partial charge >= 0.3 is 0 Å². The Bertz CT molecular complexity index is 909. The van der Waals surface area contributed by atoms with E-state index in [4.69, 9.17) is 4.74 Å². The lowest BCUT2D eigenvalue weighted by Gasteiger charge is -2.24. The normalized spacial score (nSPS) is 14.7. The molecule has 1 fully saturated rings. The van der Waals surface area contributed by atoms with Crippen LogP contribution in [0.25, 0.3) is 10.7 Å². The van der Waals surface area contributed by atoms with Gasteiger partial charge in [0.15, 0.2) is 0 Å². The fraction of sp³-hybridized carbons (Fsp3) is 0.263. The Morgan fingerprint density at radius 1 is 1.22 bits per heavy atom. The molecular weight excluding hydrogens is 362 g/mol. The summed E-state index contributed by atoms with van der Waals surface area (Å²) in [6.45, 7) is 1.87. The topological polar surface area (TPSA) is 89.0 Å². The Hall–Kier alpha value is -2.84. The number of thiazole rings is 1. The molecule has 0 radical (unpaired) electrons. The maximum atomic E-state index is 12.6. The van der Waals surface area contributed by atoms with Crippen molar-refractivity contribution in [2.75, 3.05) is 18.4 Å². The average molecular weight is 381 g/mol. The molecule has 0 aromatic carbocycles. The van der Waals surface area contributed by atoms with Gasteiger partial charge in [-0.05, 0) is 38.1 Å². The molecule has 3 aromatic rings. The van der Waals surface area contributed by atoms with Crippen molar-refractivity contribution in [3.05, 3.63) is 53.9 Å². The summed E-state index contributed by atoms with van der Waals surface area (Å²) >= 11 is 1.39. The molecule has 0 saturated carbocycles. The number of nitrogens with one attached hydrogen (secondary N) is 2. The van der Waals surface area contributed by atoms with Crippen molar-refractivity contribution in [3.63, 3.8) is 0 Å². The average Bonchev–Trinajstić information content (AvgIpc) is 3.21. The highest BCUT2D eigenvalue weighted by atomic mass is 32.1. The van der Waals surface area contributed by atoms with E-state index in [0.717, 1.165) is 31.6 Å². The molecule has 0 aliphatic carbocycles. The molecule has 7 nitrogen and oxygen atoms in total. The number of hydrogen-bond acceptors (Lipinski definition) is 7. The second-order valence-corrected chi connectivity index (χ2v) is 7.00. The number of carbonyl (C=O) groups excluding carboxylic acids is 1. The van der Waals surface area contributed by atoms with Crippen molar-refractivity contribution >= 4 is 22.9 Å². The summed E-state index contributed by atoms with van der Waals surface area (Å²) in [6.07, 6.45) is 6.98. The van der Waals surface area contributed by atoms with Gasteiger partial charge in [0, 0.05) is 23.8 Å². The van der Waals surface area contributed by atoms with Crippen molar-refractivity contribution in [1.29, 1.82) is 0 Å². The lowest BCUT2D eigenvalue weighted by molar-refractivity contribution is 0.102. The molecule has 4 heterocycles. The van der Waals surface area contributed by atoms with Crippen LogP contribution in [0.2, 0.25) is 0 Å². The number of nitrogens with zero attached hydrogens (tertiary/aromatic N) is 3. The Morgan fingerprint density at radius 3 is 2.93 bits per heavy atom. The lowest BCUT2D eigenvalue weighted by Crippen LogP contribution is -2.34. The largest absolute Gasteiger partial charge is 0.488 e. The zero-order chi connectivity index (χ0) is 18.5. The molecule has 4 rings (SSSR count). The molecule has 0 bridgehead atoms. The number of amides is 1. The summed E-state index contributed by atoms with van der Waals surface area (Å²) in [5, 5.41) is 8.61. The van der Waals surface area contributed by atoms with E-state index in [2.05, 4.69) is 25.6 Å². The maximum Gasteiger partial charge on any atom is 0.275 e. The Labute approximate surface area is 160 Å². The van der Waals surface area contributed by atoms with Crippen molar-refractivity contribution in [1.82, 2.24) is 20.3 Å². The minimum absolute atomic E-state index is 0.138. The minimum atomic E-state index is -0.295. The lowest BCUT2D eigenvalue weighted by atomic mass is 10.1. The summed E-state index contributed by atoms with van der Waals surface area (Å²) in [7, 11) is 0. The second kappa shape index (κ2) is 8.24. The van der Waals surface area contributed by atoms with Gasteiger partial charge in [0.1, 0.15) is 28.2 Å². The van der Waals surface area contributed by atoms with Crippen LogP contribution in [0.3, 0.4) is 0 Å². The Balaban J connectivity index is 1.48. The van der Waals surface area contributed by atoms with Gasteiger partial charge in [-0.15, -0.1) is 11.3 Å². The van der Waals surface area contributed by atoms with Crippen LogP contribution >= 0.6 is 11.3 Å². The van der Waals surface area contributed by atoms with Gasteiger partial charge in [-0.25, -0.2) is 4.98 Å². The van der Waals surface area contributed by atoms with Crippen LogP contribution in [0.15, 0.2) is 48.2 Å². The number of pyridine rings is 2. The first kappa shape index (κ1) is 17.6. The smallest absolute Gasteiger partial charge is 0.275 e. The molecular formula is C19H19N5O2S. The predicted molar refractivity (Wildman–Crippen MR) is 104 cm³/mol. The highest BCUT2D eigenvalue weighted by Gasteiger charge is 2.18. The van der Waals surface area contributed by atoms with Crippen LogP contribution in [-0.4, -0.2) is 40.1 Å². The van der Waals surface area contributed by atoms with E-state index in [1.807, 2.05) is 18.2 Å². The fourth-order valence-electron chi connectivity index (χ4n) is 2.84. The van der Waals surface area contributed by atoms with Crippen molar-refractivity contribution in [2.45, 2.75) is 18.9 Å². The summed E-state index contributed by atoms with van der Waals surface area (Å²) < 4.78 is 6.08. The quantitative estimate of drug-likeness (QED) is 0.706. The van der Waals surface area contributed by atoms with Gasteiger partial charge < -0.3 is 15.4 Å². The van der Waals surface area contributed by atoms with Crippen LogP contribution in [0.1, 0.15) is 23.3 Å². The van der Waals surface area contributed by atoms with E-state index in [0.29, 0.717) is 22.1 Å². The highest BCUT2D eigenvalue weighted by molar-refractivity contribution is 7.13. The molecule has 0 unspecified atom stereocenters. The van der Waals surface area contributed by atoms with Crippen molar-refractivity contribution in [3.8, 4) is 16.5 Å². The number of carbonyl (C=O) groups is 1. The number of aromatic nitrogens is 3. The van der Waals surface area contributed by atoms with Gasteiger partial charge in [0.2, 0.25) is 0 Å². The minimum Gasteiger partial charge on any atom is -0.488 e. The third-order valence-electron chi connectivity index (χ3n) is 4.23. The van der Waals surface area contributed by atoms with E-state index in [-0.39, 0.29) is 12.0 Å². The third-order valence-corrected chi connectivity index (χ3v) is 5.09. The van der Waals surface area contributed by atoms with E-state index in [9.17, 15) is 4.79 Å².